The van der Waals surface area contributed by atoms with Crippen molar-refractivity contribution in [3.63, 3.8) is 0 Å². The van der Waals surface area contributed by atoms with E-state index in [1.165, 1.54) is 18.8 Å². The molecule has 0 aliphatic carbocycles. The van der Waals surface area contributed by atoms with E-state index in [0.717, 1.165) is 10.2 Å². The molecular weight excluding hydrogens is 577 g/mol. The molecule has 0 saturated heterocycles. The number of aromatic nitrogens is 3. The van der Waals surface area contributed by atoms with Crippen LogP contribution in [0.2, 0.25) is 15.1 Å². The van der Waals surface area contributed by atoms with Crippen LogP contribution in [0.4, 0.5) is 0 Å². The minimum atomic E-state index is -1.17. The maximum Gasteiger partial charge on any atom is 0.347 e. The van der Waals surface area contributed by atoms with Gasteiger partial charge in [0.1, 0.15) is 12.3 Å². The molecule has 1 atom stereocenters. The highest BCUT2D eigenvalue weighted by Gasteiger charge is 2.31. The molecule has 0 spiro atoms. The first-order valence-electron chi connectivity index (χ1n) is 12.3. The van der Waals surface area contributed by atoms with Crippen LogP contribution in [0.5, 0.6) is 5.75 Å². The average molecular weight is 603 g/mol. The van der Waals surface area contributed by atoms with Crippen molar-refractivity contribution in [1.29, 1.82) is 0 Å². The lowest BCUT2D eigenvalue weighted by atomic mass is 10.1. The third-order valence-corrected chi connectivity index (χ3v) is 7.32. The summed E-state index contributed by atoms with van der Waals surface area (Å²) in [5, 5.41) is 6.03. The molecule has 0 fully saturated rings. The van der Waals surface area contributed by atoms with Crippen LogP contribution in [0.1, 0.15) is 30.0 Å². The van der Waals surface area contributed by atoms with Crippen molar-refractivity contribution < 1.29 is 19.1 Å². The summed E-state index contributed by atoms with van der Waals surface area (Å²) in [4.78, 5) is 39.7. The Morgan fingerprint density at radius 3 is 2.17 bits per heavy atom. The van der Waals surface area contributed by atoms with Gasteiger partial charge in [0.05, 0.1) is 14.2 Å². The first-order chi connectivity index (χ1) is 19.2. The van der Waals surface area contributed by atoms with Gasteiger partial charge in [-0.05, 0) is 72.5 Å². The first kappa shape index (κ1) is 29.4. The van der Waals surface area contributed by atoms with Crippen LogP contribution in [-0.2, 0) is 27.3 Å². The second kappa shape index (κ2) is 13.2. The lowest BCUT2D eigenvalue weighted by Gasteiger charge is -2.18. The number of rotatable bonds is 11. The topological polar surface area (TPSA) is 92.4 Å². The van der Waals surface area contributed by atoms with E-state index >= 15 is 0 Å². The number of nitrogens with zero attached hydrogens (tertiary/aromatic N) is 3. The zero-order chi connectivity index (χ0) is 28.8. The van der Waals surface area contributed by atoms with E-state index in [1.54, 1.807) is 66.7 Å². The summed E-state index contributed by atoms with van der Waals surface area (Å²) in [6.45, 7) is -0.279. The molecule has 1 aromatic heterocycles. The number of hydrogen-bond donors (Lipinski definition) is 0. The van der Waals surface area contributed by atoms with Crippen molar-refractivity contribution in [2.75, 3.05) is 14.2 Å². The van der Waals surface area contributed by atoms with E-state index in [9.17, 15) is 14.4 Å². The van der Waals surface area contributed by atoms with E-state index in [1.807, 2.05) is 0 Å². The van der Waals surface area contributed by atoms with Crippen LogP contribution in [0, 0.1) is 0 Å². The number of esters is 1. The average Bonchev–Trinajstić information content (AvgIpc) is 3.26. The standard InChI is InChI=1S/C29H26Cl3N3O5/c1-39-22-15-11-18(12-16-22)26(28(37)40-2)35-27(19-9-13-20(30)14-10-19)33-34(29(35)38)17-21(36)5-3-6-23-24(31)7-4-8-25(23)32/h4,7-16,26H,3,5-6,17H2,1-2H3. The van der Waals surface area contributed by atoms with Crippen molar-refractivity contribution in [3.8, 4) is 17.1 Å². The van der Waals surface area contributed by atoms with Crippen molar-refractivity contribution >= 4 is 46.6 Å². The van der Waals surface area contributed by atoms with E-state index in [4.69, 9.17) is 44.3 Å². The molecule has 4 rings (SSSR count). The van der Waals surface area contributed by atoms with Crippen molar-refractivity contribution in [2.45, 2.75) is 31.8 Å². The van der Waals surface area contributed by atoms with Gasteiger partial charge >= 0.3 is 11.7 Å². The van der Waals surface area contributed by atoms with Crippen LogP contribution >= 0.6 is 34.8 Å². The first-order valence-corrected chi connectivity index (χ1v) is 13.5. The van der Waals surface area contributed by atoms with Gasteiger partial charge in [-0.2, -0.15) is 0 Å². The lowest BCUT2D eigenvalue weighted by Crippen LogP contribution is -2.34. The molecule has 0 bridgehead atoms. The SMILES string of the molecule is COC(=O)C(c1ccc(OC)cc1)n1c(-c2ccc(Cl)cc2)nn(CC(=O)CCCc2c(Cl)cccc2Cl)c1=O. The van der Waals surface area contributed by atoms with E-state index in [2.05, 4.69) is 5.10 Å². The Kier molecular flexibility index (Phi) is 9.68. The van der Waals surface area contributed by atoms with Gasteiger partial charge < -0.3 is 9.47 Å². The molecule has 3 aromatic carbocycles. The predicted molar refractivity (Wildman–Crippen MR) is 154 cm³/mol. The van der Waals surface area contributed by atoms with Crippen LogP contribution in [0.15, 0.2) is 71.5 Å². The molecule has 0 saturated carbocycles. The minimum absolute atomic E-state index is 0.177. The van der Waals surface area contributed by atoms with Crippen LogP contribution < -0.4 is 10.4 Å². The van der Waals surface area contributed by atoms with Crippen molar-refractivity contribution in [2.24, 2.45) is 0 Å². The van der Waals surface area contributed by atoms with Gasteiger partial charge in [-0.25, -0.2) is 14.3 Å². The molecule has 0 N–H and O–H groups in total. The summed E-state index contributed by atoms with van der Waals surface area (Å²) >= 11 is 18.6. The van der Waals surface area contributed by atoms with Crippen molar-refractivity contribution in [1.82, 2.24) is 14.3 Å². The summed E-state index contributed by atoms with van der Waals surface area (Å²) in [6.07, 6.45) is 1.17. The van der Waals surface area contributed by atoms with Crippen LogP contribution in [-0.4, -0.2) is 40.3 Å². The lowest BCUT2D eigenvalue weighted by molar-refractivity contribution is -0.143. The summed E-state index contributed by atoms with van der Waals surface area (Å²) in [5.41, 5.74) is 1.14. The fraction of sp³-hybridized carbons (Fsp3) is 0.241. The Morgan fingerprint density at radius 2 is 1.57 bits per heavy atom. The van der Waals surface area contributed by atoms with Gasteiger partial charge in [-0.15, -0.1) is 5.10 Å². The van der Waals surface area contributed by atoms with Crippen LogP contribution in [0.25, 0.3) is 11.4 Å². The number of ketones is 1. The van der Waals surface area contributed by atoms with Gasteiger partial charge in [0.25, 0.3) is 0 Å². The molecule has 11 heteroatoms. The van der Waals surface area contributed by atoms with E-state index in [-0.39, 0.29) is 24.6 Å². The largest absolute Gasteiger partial charge is 0.497 e. The Hall–Kier alpha value is -3.59. The molecule has 40 heavy (non-hydrogen) atoms. The summed E-state index contributed by atoms with van der Waals surface area (Å²) in [7, 11) is 2.77. The maximum absolute atomic E-state index is 13.7. The Balaban J connectivity index is 1.68. The minimum Gasteiger partial charge on any atom is -0.497 e. The quantitative estimate of drug-likeness (QED) is 0.195. The number of benzene rings is 3. The number of halogens is 3. The highest BCUT2D eigenvalue weighted by Crippen LogP contribution is 2.28. The summed E-state index contributed by atoms with van der Waals surface area (Å²) < 4.78 is 12.6. The molecule has 0 aliphatic heterocycles. The fourth-order valence-corrected chi connectivity index (χ4v) is 5.03. The van der Waals surface area contributed by atoms with E-state index in [0.29, 0.717) is 44.8 Å². The molecule has 4 aromatic rings. The van der Waals surface area contributed by atoms with Crippen LogP contribution in [0.3, 0.4) is 0 Å². The molecule has 1 unspecified atom stereocenters. The third kappa shape index (κ3) is 6.58. The third-order valence-electron chi connectivity index (χ3n) is 6.36. The molecular formula is C29H26Cl3N3O5. The highest BCUT2D eigenvalue weighted by molar-refractivity contribution is 6.36. The molecule has 0 radical (unpaired) electrons. The Bertz CT molecular complexity index is 1540. The number of methoxy groups -OCH3 is 2. The predicted octanol–water partition coefficient (Wildman–Crippen LogP) is 6.04. The number of carbonyl (C=O) groups is 2. The van der Waals surface area contributed by atoms with Gasteiger partial charge in [0.15, 0.2) is 17.6 Å². The van der Waals surface area contributed by atoms with Gasteiger partial charge in [0, 0.05) is 27.1 Å². The second-order valence-corrected chi connectivity index (χ2v) is 10.2. The van der Waals surface area contributed by atoms with Gasteiger partial charge in [-0.1, -0.05) is 53.0 Å². The van der Waals surface area contributed by atoms with Gasteiger partial charge in [0.2, 0.25) is 0 Å². The van der Waals surface area contributed by atoms with Gasteiger partial charge in [-0.3, -0.25) is 9.36 Å². The number of hydrogen-bond acceptors (Lipinski definition) is 6. The van der Waals surface area contributed by atoms with E-state index < -0.39 is 17.7 Å². The second-order valence-electron chi connectivity index (χ2n) is 8.93. The molecule has 0 amide bonds. The number of Topliss-reactive ketones (excluding diaryl/α,β-unsaturated/α-hetero) is 1. The highest BCUT2D eigenvalue weighted by atomic mass is 35.5. The Labute approximate surface area is 246 Å². The zero-order valence-electron chi connectivity index (χ0n) is 21.8. The maximum atomic E-state index is 13.7. The van der Waals surface area contributed by atoms with Crippen molar-refractivity contribution in [3.05, 3.63) is 103 Å². The smallest absolute Gasteiger partial charge is 0.347 e. The zero-order valence-corrected chi connectivity index (χ0v) is 24.0. The molecule has 208 valence electrons. The molecule has 8 nitrogen and oxygen atoms in total. The monoisotopic (exact) mass is 601 g/mol. The number of carbonyl (C=O) groups excluding carboxylic acids is 2. The number of ether oxygens (including phenoxy) is 2. The normalized spacial score (nSPS) is 11.7. The Morgan fingerprint density at radius 1 is 0.925 bits per heavy atom. The molecule has 0 aliphatic rings. The fourth-order valence-electron chi connectivity index (χ4n) is 4.32. The molecule has 1 heterocycles. The summed E-state index contributed by atoms with van der Waals surface area (Å²) in [6, 6.07) is 17.4. The summed E-state index contributed by atoms with van der Waals surface area (Å²) in [5.74, 6) is -0.123.